The SMILES string of the molecule is C=Cc1cc2ccccc2nc1-c1ccccc1. The van der Waals surface area contributed by atoms with E-state index in [9.17, 15) is 0 Å². The third-order valence-corrected chi connectivity index (χ3v) is 3.02. The second-order valence-electron chi connectivity index (χ2n) is 4.19. The summed E-state index contributed by atoms with van der Waals surface area (Å²) in [6.07, 6.45) is 1.86. The van der Waals surface area contributed by atoms with Crippen molar-refractivity contribution in [2.24, 2.45) is 0 Å². The Bertz CT molecular complexity index is 699. The molecule has 0 amide bonds. The number of hydrogen-bond acceptors (Lipinski definition) is 1. The maximum Gasteiger partial charge on any atom is 0.0781 e. The van der Waals surface area contributed by atoms with Gasteiger partial charge in [-0.1, -0.05) is 61.2 Å². The Morgan fingerprint density at radius 1 is 0.889 bits per heavy atom. The molecule has 0 saturated carbocycles. The average Bonchev–Trinajstić information content (AvgIpc) is 2.46. The number of fused-ring (bicyclic) bond motifs is 1. The minimum absolute atomic E-state index is 0.990. The zero-order valence-corrected chi connectivity index (χ0v) is 10.0. The highest BCUT2D eigenvalue weighted by Crippen LogP contribution is 2.26. The number of para-hydroxylation sites is 1. The van der Waals surface area contributed by atoms with E-state index in [1.807, 2.05) is 42.5 Å². The van der Waals surface area contributed by atoms with Gasteiger partial charge in [0.15, 0.2) is 0 Å². The first-order valence-electron chi connectivity index (χ1n) is 5.96. The number of benzene rings is 2. The lowest BCUT2D eigenvalue weighted by Crippen LogP contribution is -1.89. The van der Waals surface area contributed by atoms with Crippen molar-refractivity contribution < 1.29 is 0 Å². The van der Waals surface area contributed by atoms with Crippen LogP contribution in [-0.2, 0) is 0 Å². The fraction of sp³-hybridized carbons (Fsp3) is 0. The van der Waals surface area contributed by atoms with Crippen molar-refractivity contribution in [1.29, 1.82) is 0 Å². The van der Waals surface area contributed by atoms with Crippen molar-refractivity contribution in [3.63, 3.8) is 0 Å². The Kier molecular flexibility index (Phi) is 2.66. The molecule has 0 aliphatic rings. The van der Waals surface area contributed by atoms with Crippen LogP contribution in [0.3, 0.4) is 0 Å². The number of hydrogen-bond donors (Lipinski definition) is 0. The number of aromatic nitrogens is 1. The van der Waals surface area contributed by atoms with Crippen molar-refractivity contribution in [2.75, 3.05) is 0 Å². The second kappa shape index (κ2) is 4.46. The van der Waals surface area contributed by atoms with E-state index in [1.54, 1.807) is 0 Å². The van der Waals surface area contributed by atoms with E-state index in [2.05, 4.69) is 30.8 Å². The average molecular weight is 231 g/mol. The van der Waals surface area contributed by atoms with Gasteiger partial charge in [0.2, 0.25) is 0 Å². The normalized spacial score (nSPS) is 10.4. The van der Waals surface area contributed by atoms with Gasteiger partial charge in [0, 0.05) is 16.5 Å². The summed E-state index contributed by atoms with van der Waals surface area (Å²) in [5.74, 6) is 0. The summed E-state index contributed by atoms with van der Waals surface area (Å²) in [6.45, 7) is 3.88. The first-order valence-corrected chi connectivity index (χ1v) is 5.96. The molecule has 0 N–H and O–H groups in total. The summed E-state index contributed by atoms with van der Waals surface area (Å²) in [6, 6.07) is 20.5. The zero-order valence-electron chi connectivity index (χ0n) is 10.0. The van der Waals surface area contributed by atoms with Crippen LogP contribution in [0.1, 0.15) is 5.56 Å². The van der Waals surface area contributed by atoms with Gasteiger partial charge in [-0.05, 0) is 12.1 Å². The van der Waals surface area contributed by atoms with E-state index in [1.165, 1.54) is 0 Å². The Morgan fingerprint density at radius 2 is 1.61 bits per heavy atom. The van der Waals surface area contributed by atoms with Crippen LogP contribution in [0, 0.1) is 0 Å². The molecule has 0 aliphatic heterocycles. The first-order chi connectivity index (χ1) is 8.88. The molecule has 1 heterocycles. The molecular formula is C17H13N. The van der Waals surface area contributed by atoms with E-state index in [0.717, 1.165) is 27.7 Å². The van der Waals surface area contributed by atoms with E-state index in [-0.39, 0.29) is 0 Å². The van der Waals surface area contributed by atoms with Gasteiger partial charge in [0.05, 0.1) is 11.2 Å². The van der Waals surface area contributed by atoms with Crippen molar-refractivity contribution in [3.8, 4) is 11.3 Å². The van der Waals surface area contributed by atoms with Crippen LogP contribution in [0.2, 0.25) is 0 Å². The smallest absolute Gasteiger partial charge is 0.0781 e. The monoisotopic (exact) mass is 231 g/mol. The van der Waals surface area contributed by atoms with E-state index < -0.39 is 0 Å². The van der Waals surface area contributed by atoms with Gasteiger partial charge in [-0.15, -0.1) is 0 Å². The van der Waals surface area contributed by atoms with Crippen LogP contribution < -0.4 is 0 Å². The molecule has 0 unspecified atom stereocenters. The topological polar surface area (TPSA) is 12.9 Å². The zero-order chi connectivity index (χ0) is 12.4. The standard InChI is InChI=1S/C17H13N/c1-2-13-12-15-10-6-7-11-16(15)18-17(13)14-8-4-3-5-9-14/h2-12H,1H2. The van der Waals surface area contributed by atoms with Gasteiger partial charge >= 0.3 is 0 Å². The molecule has 1 heteroatoms. The molecule has 3 rings (SSSR count). The Hall–Kier alpha value is -2.41. The van der Waals surface area contributed by atoms with Crippen LogP contribution in [0.4, 0.5) is 0 Å². The molecule has 2 aromatic carbocycles. The molecule has 86 valence electrons. The Balaban J connectivity index is 2.31. The molecular weight excluding hydrogens is 218 g/mol. The molecule has 18 heavy (non-hydrogen) atoms. The lowest BCUT2D eigenvalue weighted by atomic mass is 10.0. The maximum atomic E-state index is 4.74. The van der Waals surface area contributed by atoms with Crippen molar-refractivity contribution in [1.82, 2.24) is 4.98 Å². The molecule has 0 aliphatic carbocycles. The van der Waals surface area contributed by atoms with Gasteiger partial charge in [-0.2, -0.15) is 0 Å². The largest absolute Gasteiger partial charge is 0.247 e. The van der Waals surface area contributed by atoms with Gasteiger partial charge in [0.25, 0.3) is 0 Å². The minimum atomic E-state index is 0.990. The summed E-state index contributed by atoms with van der Waals surface area (Å²) in [5, 5.41) is 1.15. The Morgan fingerprint density at radius 3 is 2.39 bits per heavy atom. The molecule has 3 aromatic rings. The van der Waals surface area contributed by atoms with Crippen LogP contribution in [0.25, 0.3) is 28.2 Å². The molecule has 0 bridgehead atoms. The molecule has 0 fully saturated rings. The summed E-state index contributed by atoms with van der Waals surface area (Å²) in [4.78, 5) is 4.74. The predicted octanol–water partition coefficient (Wildman–Crippen LogP) is 4.54. The van der Waals surface area contributed by atoms with Crippen LogP contribution in [-0.4, -0.2) is 4.98 Å². The lowest BCUT2D eigenvalue weighted by molar-refractivity contribution is 1.39. The molecule has 0 saturated heterocycles. The van der Waals surface area contributed by atoms with Gasteiger partial charge in [0.1, 0.15) is 0 Å². The highest BCUT2D eigenvalue weighted by molar-refractivity contribution is 5.86. The number of nitrogens with zero attached hydrogens (tertiary/aromatic N) is 1. The third kappa shape index (κ3) is 1.80. The van der Waals surface area contributed by atoms with Gasteiger partial charge in [-0.25, -0.2) is 4.98 Å². The molecule has 1 aromatic heterocycles. The second-order valence-corrected chi connectivity index (χ2v) is 4.19. The van der Waals surface area contributed by atoms with E-state index in [4.69, 9.17) is 4.98 Å². The molecule has 0 atom stereocenters. The molecule has 0 radical (unpaired) electrons. The van der Waals surface area contributed by atoms with E-state index >= 15 is 0 Å². The lowest BCUT2D eigenvalue weighted by Gasteiger charge is -2.07. The number of pyridine rings is 1. The fourth-order valence-corrected chi connectivity index (χ4v) is 2.12. The summed E-state index contributed by atoms with van der Waals surface area (Å²) in [7, 11) is 0. The predicted molar refractivity (Wildman–Crippen MR) is 77.3 cm³/mol. The molecule has 1 nitrogen and oxygen atoms in total. The van der Waals surface area contributed by atoms with Crippen LogP contribution in [0.15, 0.2) is 67.2 Å². The first kappa shape index (κ1) is 10.7. The quantitative estimate of drug-likeness (QED) is 0.630. The summed E-state index contributed by atoms with van der Waals surface area (Å²) < 4.78 is 0. The maximum absolute atomic E-state index is 4.74. The summed E-state index contributed by atoms with van der Waals surface area (Å²) in [5.41, 5.74) is 4.20. The van der Waals surface area contributed by atoms with Crippen molar-refractivity contribution >= 4 is 17.0 Å². The third-order valence-electron chi connectivity index (χ3n) is 3.02. The highest BCUT2D eigenvalue weighted by atomic mass is 14.7. The Labute approximate surface area is 106 Å². The van der Waals surface area contributed by atoms with Crippen molar-refractivity contribution in [3.05, 3.63) is 72.8 Å². The minimum Gasteiger partial charge on any atom is -0.247 e. The highest BCUT2D eigenvalue weighted by Gasteiger charge is 2.06. The van der Waals surface area contributed by atoms with Crippen molar-refractivity contribution in [2.45, 2.75) is 0 Å². The van der Waals surface area contributed by atoms with Gasteiger partial charge in [-0.3, -0.25) is 0 Å². The number of rotatable bonds is 2. The summed E-state index contributed by atoms with van der Waals surface area (Å²) >= 11 is 0. The molecule has 0 spiro atoms. The van der Waals surface area contributed by atoms with Crippen LogP contribution >= 0.6 is 0 Å². The van der Waals surface area contributed by atoms with Crippen LogP contribution in [0.5, 0.6) is 0 Å². The van der Waals surface area contributed by atoms with Gasteiger partial charge < -0.3 is 0 Å². The van der Waals surface area contributed by atoms with E-state index in [0.29, 0.717) is 0 Å². The fourth-order valence-electron chi connectivity index (χ4n) is 2.12.